The van der Waals surface area contributed by atoms with Gasteiger partial charge in [-0.05, 0) is 36.8 Å². The lowest BCUT2D eigenvalue weighted by Gasteiger charge is -2.22. The van der Waals surface area contributed by atoms with Crippen molar-refractivity contribution in [1.82, 2.24) is 4.98 Å². The summed E-state index contributed by atoms with van der Waals surface area (Å²) in [6.45, 7) is 2.85. The molecule has 0 saturated heterocycles. The van der Waals surface area contributed by atoms with Crippen LogP contribution in [0.5, 0.6) is 0 Å². The first kappa shape index (κ1) is 13.4. The molecule has 1 aromatic heterocycles. The summed E-state index contributed by atoms with van der Waals surface area (Å²) in [5.74, 6) is 0. The maximum atomic E-state index is 5.86. The zero-order valence-corrected chi connectivity index (χ0v) is 12.4. The molecule has 0 saturated carbocycles. The summed E-state index contributed by atoms with van der Waals surface area (Å²) in [4.78, 5) is 6.84. The molecule has 0 aliphatic heterocycles. The normalized spacial score (nSPS) is 10.8. The fourth-order valence-corrected chi connectivity index (χ4v) is 2.65. The largest absolute Gasteiger partial charge is 0.399 e. The summed E-state index contributed by atoms with van der Waals surface area (Å²) in [5, 5.41) is 1.18. The fourth-order valence-electron chi connectivity index (χ4n) is 2.65. The van der Waals surface area contributed by atoms with Gasteiger partial charge in [-0.1, -0.05) is 30.3 Å². The molecule has 3 rings (SSSR count). The quantitative estimate of drug-likeness (QED) is 0.741. The number of nitrogens with two attached hydrogens (primary N) is 1. The van der Waals surface area contributed by atoms with Gasteiger partial charge < -0.3 is 10.6 Å². The molecule has 0 spiro atoms. The van der Waals surface area contributed by atoms with Crippen LogP contribution in [0, 0.1) is 6.92 Å². The van der Waals surface area contributed by atoms with E-state index in [-0.39, 0.29) is 0 Å². The van der Waals surface area contributed by atoms with Crippen molar-refractivity contribution in [1.29, 1.82) is 0 Å². The fraction of sp³-hybridized carbons (Fsp3) is 0.167. The third kappa shape index (κ3) is 2.82. The maximum Gasteiger partial charge on any atom is 0.0726 e. The molecule has 0 fully saturated rings. The van der Waals surface area contributed by atoms with E-state index in [4.69, 9.17) is 5.73 Å². The SMILES string of the molecule is Cc1cc(N(C)Cc2cccc(N)c2)c2ccccc2n1. The summed E-state index contributed by atoms with van der Waals surface area (Å²) in [6, 6.07) is 18.4. The van der Waals surface area contributed by atoms with Crippen LogP contribution in [0.15, 0.2) is 54.6 Å². The second kappa shape index (κ2) is 5.44. The average Bonchev–Trinajstić information content (AvgIpc) is 2.46. The Kier molecular flexibility index (Phi) is 3.48. The standard InChI is InChI=1S/C18H19N3/c1-13-10-18(16-8-3-4-9-17(16)20-13)21(2)12-14-6-5-7-15(19)11-14/h3-11H,12,19H2,1-2H3. The molecule has 1 heterocycles. The highest BCUT2D eigenvalue weighted by Crippen LogP contribution is 2.27. The first-order valence-electron chi connectivity index (χ1n) is 7.05. The van der Waals surface area contributed by atoms with E-state index in [1.54, 1.807) is 0 Å². The summed E-state index contributed by atoms with van der Waals surface area (Å²) in [5.41, 5.74) is 11.1. The number of anilines is 2. The number of nitrogens with zero attached hydrogens (tertiary/aromatic N) is 2. The third-order valence-electron chi connectivity index (χ3n) is 3.60. The molecule has 0 aliphatic carbocycles. The van der Waals surface area contributed by atoms with Crippen molar-refractivity contribution in [3.8, 4) is 0 Å². The Morgan fingerprint density at radius 1 is 1.05 bits per heavy atom. The van der Waals surface area contributed by atoms with Gasteiger partial charge in [0.2, 0.25) is 0 Å². The molecule has 3 nitrogen and oxygen atoms in total. The summed E-state index contributed by atoms with van der Waals surface area (Å²) in [6.07, 6.45) is 0. The zero-order valence-electron chi connectivity index (χ0n) is 12.4. The molecule has 106 valence electrons. The van der Waals surface area contributed by atoms with Gasteiger partial charge >= 0.3 is 0 Å². The van der Waals surface area contributed by atoms with Crippen LogP contribution >= 0.6 is 0 Å². The molecule has 3 aromatic rings. The van der Waals surface area contributed by atoms with Gasteiger partial charge in [-0.3, -0.25) is 4.98 Å². The minimum absolute atomic E-state index is 0.802. The number of aryl methyl sites for hydroxylation is 1. The smallest absolute Gasteiger partial charge is 0.0726 e. The van der Waals surface area contributed by atoms with Crippen LogP contribution in [-0.2, 0) is 6.54 Å². The van der Waals surface area contributed by atoms with Gasteiger partial charge in [0.1, 0.15) is 0 Å². The molecule has 0 atom stereocenters. The molecule has 0 amide bonds. The van der Waals surface area contributed by atoms with Gasteiger partial charge in [0.05, 0.1) is 5.52 Å². The molecule has 0 bridgehead atoms. The minimum atomic E-state index is 0.802. The molecule has 2 aromatic carbocycles. The van der Waals surface area contributed by atoms with E-state index in [0.29, 0.717) is 0 Å². The lowest BCUT2D eigenvalue weighted by molar-refractivity contribution is 0.925. The summed E-state index contributed by atoms with van der Waals surface area (Å²) < 4.78 is 0. The number of hydrogen-bond donors (Lipinski definition) is 1. The Morgan fingerprint density at radius 3 is 2.67 bits per heavy atom. The van der Waals surface area contributed by atoms with Gasteiger partial charge in [-0.2, -0.15) is 0 Å². The second-order valence-corrected chi connectivity index (χ2v) is 5.40. The van der Waals surface area contributed by atoms with E-state index in [2.05, 4.69) is 47.3 Å². The van der Waals surface area contributed by atoms with Gasteiger partial charge in [-0.15, -0.1) is 0 Å². The number of aromatic nitrogens is 1. The molecular weight excluding hydrogens is 258 g/mol. The highest BCUT2D eigenvalue weighted by Gasteiger charge is 2.08. The molecule has 0 aliphatic rings. The predicted octanol–water partition coefficient (Wildman–Crippen LogP) is 3.76. The van der Waals surface area contributed by atoms with Crippen LogP contribution in [0.1, 0.15) is 11.3 Å². The van der Waals surface area contributed by atoms with Crippen molar-refractivity contribution in [2.75, 3.05) is 17.7 Å². The lowest BCUT2D eigenvalue weighted by atomic mass is 10.1. The zero-order chi connectivity index (χ0) is 14.8. The Balaban J connectivity index is 1.99. The van der Waals surface area contributed by atoms with Crippen LogP contribution in [0.3, 0.4) is 0 Å². The molecular formula is C18H19N3. The van der Waals surface area contributed by atoms with E-state index < -0.39 is 0 Å². The number of pyridine rings is 1. The van der Waals surface area contributed by atoms with E-state index in [1.807, 2.05) is 31.2 Å². The van der Waals surface area contributed by atoms with Crippen LogP contribution in [0.2, 0.25) is 0 Å². The monoisotopic (exact) mass is 277 g/mol. The van der Waals surface area contributed by atoms with Gasteiger partial charge in [0.25, 0.3) is 0 Å². The van der Waals surface area contributed by atoms with Crippen molar-refractivity contribution in [2.24, 2.45) is 0 Å². The Morgan fingerprint density at radius 2 is 1.86 bits per heavy atom. The maximum absolute atomic E-state index is 5.86. The Labute approximate surface area is 125 Å². The van der Waals surface area contributed by atoms with Crippen molar-refractivity contribution < 1.29 is 0 Å². The minimum Gasteiger partial charge on any atom is -0.399 e. The van der Waals surface area contributed by atoms with E-state index in [1.165, 1.54) is 16.6 Å². The highest BCUT2D eigenvalue weighted by atomic mass is 15.1. The first-order valence-corrected chi connectivity index (χ1v) is 7.05. The van der Waals surface area contributed by atoms with Crippen molar-refractivity contribution in [2.45, 2.75) is 13.5 Å². The van der Waals surface area contributed by atoms with Crippen molar-refractivity contribution >= 4 is 22.3 Å². The van der Waals surface area contributed by atoms with E-state index in [0.717, 1.165) is 23.4 Å². The van der Waals surface area contributed by atoms with Crippen LogP contribution in [0.25, 0.3) is 10.9 Å². The van der Waals surface area contributed by atoms with Crippen molar-refractivity contribution in [3.63, 3.8) is 0 Å². The number of nitrogen functional groups attached to an aromatic ring is 1. The van der Waals surface area contributed by atoms with E-state index >= 15 is 0 Å². The molecule has 0 unspecified atom stereocenters. The highest BCUT2D eigenvalue weighted by molar-refractivity contribution is 5.91. The lowest BCUT2D eigenvalue weighted by Crippen LogP contribution is -2.17. The third-order valence-corrected chi connectivity index (χ3v) is 3.60. The van der Waals surface area contributed by atoms with E-state index in [9.17, 15) is 0 Å². The summed E-state index contributed by atoms with van der Waals surface area (Å²) >= 11 is 0. The molecule has 2 N–H and O–H groups in total. The van der Waals surface area contributed by atoms with Gasteiger partial charge in [0, 0.05) is 36.0 Å². The number of rotatable bonds is 3. The number of hydrogen-bond acceptors (Lipinski definition) is 3. The number of benzene rings is 2. The van der Waals surface area contributed by atoms with Crippen LogP contribution < -0.4 is 10.6 Å². The van der Waals surface area contributed by atoms with Gasteiger partial charge in [0.15, 0.2) is 0 Å². The average molecular weight is 277 g/mol. The molecule has 0 radical (unpaired) electrons. The number of para-hydroxylation sites is 1. The van der Waals surface area contributed by atoms with Crippen LogP contribution in [0.4, 0.5) is 11.4 Å². The summed E-state index contributed by atoms with van der Waals surface area (Å²) in [7, 11) is 2.10. The van der Waals surface area contributed by atoms with Crippen LogP contribution in [-0.4, -0.2) is 12.0 Å². The van der Waals surface area contributed by atoms with Crippen molar-refractivity contribution in [3.05, 3.63) is 65.9 Å². The molecule has 3 heteroatoms. The number of fused-ring (bicyclic) bond motifs is 1. The first-order chi connectivity index (χ1) is 10.1. The Hall–Kier alpha value is -2.55. The topological polar surface area (TPSA) is 42.1 Å². The second-order valence-electron chi connectivity index (χ2n) is 5.40. The Bertz CT molecular complexity index is 780. The predicted molar refractivity (Wildman–Crippen MR) is 89.4 cm³/mol. The van der Waals surface area contributed by atoms with Gasteiger partial charge in [-0.25, -0.2) is 0 Å². The molecule has 21 heavy (non-hydrogen) atoms.